The van der Waals surface area contributed by atoms with E-state index in [1.165, 1.54) is 13.0 Å². The number of rotatable bonds is 5. The fourth-order valence-electron chi connectivity index (χ4n) is 2.20. The van der Waals surface area contributed by atoms with Crippen LogP contribution in [-0.2, 0) is 17.8 Å². The Balaban J connectivity index is 2.35. The number of hydrogen-bond acceptors (Lipinski definition) is 4. The third-order valence-corrected chi connectivity index (χ3v) is 3.17. The highest BCUT2D eigenvalue weighted by molar-refractivity contribution is 5.90. The third-order valence-electron chi connectivity index (χ3n) is 3.17. The molecule has 1 aromatic carbocycles. The van der Waals surface area contributed by atoms with Crippen molar-refractivity contribution in [3.63, 3.8) is 0 Å². The molecular formula is C16H20N3O2. The molecule has 0 bridgehead atoms. The first-order valence-corrected chi connectivity index (χ1v) is 6.78. The smallest absolute Gasteiger partial charge is 0.337 e. The van der Waals surface area contributed by atoms with Crippen LogP contribution in [0.3, 0.4) is 0 Å². The Morgan fingerprint density at radius 1 is 1.38 bits per heavy atom. The molecule has 0 aliphatic rings. The fraction of sp³-hybridized carbons (Fsp3) is 0.312. The summed E-state index contributed by atoms with van der Waals surface area (Å²) in [6, 6.07) is 5.41. The molecule has 0 fully saturated rings. The van der Waals surface area contributed by atoms with E-state index >= 15 is 0 Å². The van der Waals surface area contributed by atoms with Gasteiger partial charge in [-0.25, -0.2) is 4.79 Å². The zero-order valence-electron chi connectivity index (χ0n) is 12.6. The standard InChI is InChI=1S/C16H20N3O2/c1-11(2)9-19-10-14(8-18-19)15-5-4-12(16(20)21-3)6-13(15)7-17/h4-6,8,10H,7,9,17H2,1-3H3. The molecule has 0 saturated heterocycles. The van der Waals surface area contributed by atoms with Crippen molar-refractivity contribution in [1.29, 1.82) is 0 Å². The van der Waals surface area contributed by atoms with Crippen LogP contribution in [-0.4, -0.2) is 22.9 Å². The van der Waals surface area contributed by atoms with Gasteiger partial charge in [0.1, 0.15) is 0 Å². The van der Waals surface area contributed by atoms with Crippen LogP contribution in [0, 0.1) is 5.92 Å². The minimum atomic E-state index is -0.358. The predicted molar refractivity (Wildman–Crippen MR) is 81.5 cm³/mol. The Bertz CT molecular complexity index is 632. The Morgan fingerprint density at radius 2 is 2.14 bits per heavy atom. The van der Waals surface area contributed by atoms with E-state index in [0.717, 1.165) is 23.2 Å². The molecular weight excluding hydrogens is 266 g/mol. The van der Waals surface area contributed by atoms with E-state index in [2.05, 4.69) is 18.9 Å². The summed E-state index contributed by atoms with van der Waals surface area (Å²) in [6.07, 6.45) is 3.80. The van der Waals surface area contributed by atoms with Crippen LogP contribution in [0.1, 0.15) is 29.8 Å². The summed E-state index contributed by atoms with van der Waals surface area (Å²) in [6.45, 7) is 5.28. The number of carbonyl (C=O) groups is 1. The lowest BCUT2D eigenvalue weighted by Crippen LogP contribution is -2.05. The van der Waals surface area contributed by atoms with Gasteiger partial charge in [-0.1, -0.05) is 19.9 Å². The molecule has 5 nitrogen and oxygen atoms in total. The molecule has 5 heteroatoms. The average molecular weight is 286 g/mol. The molecule has 1 aromatic heterocycles. The summed E-state index contributed by atoms with van der Waals surface area (Å²) in [5.74, 6) is 0.924. The van der Waals surface area contributed by atoms with Gasteiger partial charge >= 0.3 is 5.97 Å². The average Bonchev–Trinajstić information content (AvgIpc) is 2.93. The quantitative estimate of drug-likeness (QED) is 0.857. The number of benzene rings is 1. The van der Waals surface area contributed by atoms with Crippen molar-refractivity contribution in [2.45, 2.75) is 26.9 Å². The molecule has 1 heterocycles. The molecule has 0 amide bonds. The van der Waals surface area contributed by atoms with E-state index in [1.807, 2.05) is 23.1 Å². The highest BCUT2D eigenvalue weighted by atomic mass is 16.5. The van der Waals surface area contributed by atoms with Gasteiger partial charge in [-0.15, -0.1) is 0 Å². The molecule has 2 rings (SSSR count). The number of methoxy groups -OCH3 is 1. The van der Waals surface area contributed by atoms with E-state index in [9.17, 15) is 4.79 Å². The molecule has 0 aliphatic carbocycles. The van der Waals surface area contributed by atoms with Gasteiger partial charge in [-0.2, -0.15) is 5.10 Å². The summed E-state index contributed by atoms with van der Waals surface area (Å²) >= 11 is 0. The van der Waals surface area contributed by atoms with Gasteiger partial charge in [0.2, 0.25) is 0 Å². The van der Waals surface area contributed by atoms with E-state index in [1.54, 1.807) is 12.1 Å². The van der Waals surface area contributed by atoms with E-state index in [4.69, 9.17) is 10.5 Å². The topological polar surface area (TPSA) is 70.1 Å². The Morgan fingerprint density at radius 3 is 2.76 bits per heavy atom. The highest BCUT2D eigenvalue weighted by Crippen LogP contribution is 2.25. The first-order chi connectivity index (χ1) is 10.0. The number of hydrogen-bond donors (Lipinski definition) is 1. The minimum Gasteiger partial charge on any atom is -0.465 e. The number of esters is 1. The molecule has 0 spiro atoms. The fourth-order valence-corrected chi connectivity index (χ4v) is 2.20. The van der Waals surface area contributed by atoms with E-state index in [-0.39, 0.29) is 5.97 Å². The second-order valence-corrected chi connectivity index (χ2v) is 5.20. The van der Waals surface area contributed by atoms with E-state index < -0.39 is 0 Å². The van der Waals surface area contributed by atoms with Crippen LogP contribution in [0.2, 0.25) is 0 Å². The van der Waals surface area contributed by atoms with Crippen LogP contribution in [0.4, 0.5) is 0 Å². The first kappa shape index (κ1) is 15.3. The number of carbonyl (C=O) groups excluding carboxylic acids is 1. The van der Waals surface area contributed by atoms with Gasteiger partial charge in [0.25, 0.3) is 0 Å². The second-order valence-electron chi connectivity index (χ2n) is 5.20. The molecule has 0 aliphatic heterocycles. The third kappa shape index (κ3) is 3.49. The Labute approximate surface area is 124 Å². The van der Waals surface area contributed by atoms with Crippen LogP contribution in [0.15, 0.2) is 30.6 Å². The van der Waals surface area contributed by atoms with Crippen molar-refractivity contribution >= 4 is 5.97 Å². The summed E-state index contributed by atoms with van der Waals surface area (Å²) in [5, 5.41) is 4.35. The number of nitrogens with zero attached hydrogens (tertiary/aromatic N) is 2. The molecule has 1 radical (unpaired) electrons. The Hall–Kier alpha value is -2.14. The van der Waals surface area contributed by atoms with Gasteiger partial charge in [-0.3, -0.25) is 4.68 Å². The zero-order chi connectivity index (χ0) is 15.4. The largest absolute Gasteiger partial charge is 0.465 e. The molecule has 2 aromatic rings. The van der Waals surface area contributed by atoms with Gasteiger partial charge in [0.05, 0.1) is 18.9 Å². The number of ether oxygens (including phenoxy) is 1. The minimum absolute atomic E-state index is 0.351. The van der Waals surface area contributed by atoms with Gasteiger partial charge in [0.15, 0.2) is 0 Å². The summed E-state index contributed by atoms with van der Waals surface area (Å²) in [7, 11) is 1.37. The first-order valence-electron chi connectivity index (χ1n) is 6.78. The lowest BCUT2D eigenvalue weighted by Gasteiger charge is -2.08. The lowest BCUT2D eigenvalue weighted by atomic mass is 10.00. The molecule has 0 saturated carbocycles. The van der Waals surface area contributed by atoms with Crippen molar-refractivity contribution in [3.05, 3.63) is 47.6 Å². The summed E-state index contributed by atoms with van der Waals surface area (Å²) < 4.78 is 6.62. The van der Waals surface area contributed by atoms with Crippen LogP contribution in [0.5, 0.6) is 0 Å². The molecule has 111 valence electrons. The predicted octanol–water partition coefficient (Wildman–Crippen LogP) is 2.41. The monoisotopic (exact) mass is 286 g/mol. The normalized spacial score (nSPS) is 10.9. The van der Waals surface area contributed by atoms with Crippen molar-refractivity contribution in [2.75, 3.05) is 7.11 Å². The summed E-state index contributed by atoms with van der Waals surface area (Å²) in [5.41, 5.74) is 9.19. The van der Waals surface area contributed by atoms with Crippen molar-refractivity contribution in [2.24, 2.45) is 5.73 Å². The second kappa shape index (κ2) is 6.54. The van der Waals surface area contributed by atoms with Crippen molar-refractivity contribution < 1.29 is 9.53 Å². The molecule has 2 N–H and O–H groups in total. The van der Waals surface area contributed by atoms with Gasteiger partial charge in [-0.05, 0) is 29.2 Å². The summed E-state index contributed by atoms with van der Waals surface area (Å²) in [4.78, 5) is 11.6. The van der Waals surface area contributed by atoms with Crippen molar-refractivity contribution in [3.8, 4) is 11.1 Å². The lowest BCUT2D eigenvalue weighted by molar-refractivity contribution is 0.0600. The maximum Gasteiger partial charge on any atom is 0.337 e. The number of nitrogens with two attached hydrogens (primary N) is 1. The van der Waals surface area contributed by atoms with Crippen molar-refractivity contribution in [1.82, 2.24) is 9.78 Å². The Kier molecular flexibility index (Phi) is 4.75. The van der Waals surface area contributed by atoms with Crippen LogP contribution < -0.4 is 5.73 Å². The molecule has 21 heavy (non-hydrogen) atoms. The van der Waals surface area contributed by atoms with E-state index in [0.29, 0.717) is 12.1 Å². The van der Waals surface area contributed by atoms with Gasteiger partial charge in [0, 0.05) is 24.8 Å². The number of aromatic nitrogens is 2. The molecule has 0 unspecified atom stereocenters. The maximum atomic E-state index is 11.6. The zero-order valence-corrected chi connectivity index (χ0v) is 12.6. The SMILES string of the molecule is COC(=O)c1ccc(-c2cnn(C[C](C)C)c2)c(CN)c1. The van der Waals surface area contributed by atoms with Crippen LogP contribution >= 0.6 is 0 Å². The van der Waals surface area contributed by atoms with Crippen LogP contribution in [0.25, 0.3) is 11.1 Å². The van der Waals surface area contributed by atoms with Gasteiger partial charge < -0.3 is 10.5 Å². The molecule has 0 atom stereocenters. The maximum absolute atomic E-state index is 11.6. The highest BCUT2D eigenvalue weighted by Gasteiger charge is 2.12.